The van der Waals surface area contributed by atoms with Crippen molar-refractivity contribution in [2.75, 3.05) is 12.3 Å². The third-order valence-corrected chi connectivity index (χ3v) is 4.12. The van der Waals surface area contributed by atoms with E-state index in [0.717, 1.165) is 23.0 Å². The first-order valence-electron chi connectivity index (χ1n) is 6.71. The van der Waals surface area contributed by atoms with Crippen LogP contribution < -0.4 is 5.73 Å². The van der Waals surface area contributed by atoms with Crippen LogP contribution in [0.1, 0.15) is 44.4 Å². The summed E-state index contributed by atoms with van der Waals surface area (Å²) in [5.41, 5.74) is 8.44. The number of aryl methyl sites for hydroxylation is 2. The van der Waals surface area contributed by atoms with Crippen molar-refractivity contribution in [1.82, 2.24) is 4.98 Å². The first-order valence-corrected chi connectivity index (χ1v) is 7.70. The van der Waals surface area contributed by atoms with Gasteiger partial charge in [-0.15, -0.1) is 11.8 Å². The van der Waals surface area contributed by atoms with Crippen LogP contribution in [-0.4, -0.2) is 17.3 Å². The van der Waals surface area contributed by atoms with Crippen molar-refractivity contribution in [1.29, 1.82) is 0 Å². The van der Waals surface area contributed by atoms with Crippen molar-refractivity contribution >= 4 is 11.8 Å². The summed E-state index contributed by atoms with van der Waals surface area (Å²) in [5, 5.41) is 1.16. The average Bonchev–Trinajstić information content (AvgIpc) is 2.27. The highest BCUT2D eigenvalue weighted by Crippen LogP contribution is 2.24. The number of aromatic nitrogens is 1. The third kappa shape index (κ3) is 5.87. The number of pyridine rings is 1. The monoisotopic (exact) mass is 266 g/mol. The fraction of sp³-hybridized carbons (Fsp3) is 0.667. The second-order valence-corrected chi connectivity index (χ2v) is 6.91. The number of hydrogen-bond acceptors (Lipinski definition) is 3. The average molecular weight is 266 g/mol. The summed E-state index contributed by atoms with van der Waals surface area (Å²) in [6, 6.07) is 4.29. The molecule has 0 radical (unpaired) electrons. The van der Waals surface area contributed by atoms with Crippen molar-refractivity contribution in [3.05, 3.63) is 23.4 Å². The van der Waals surface area contributed by atoms with Gasteiger partial charge in [0.1, 0.15) is 0 Å². The van der Waals surface area contributed by atoms with Gasteiger partial charge >= 0.3 is 0 Å². The van der Waals surface area contributed by atoms with E-state index >= 15 is 0 Å². The first kappa shape index (κ1) is 15.5. The molecule has 0 aliphatic carbocycles. The minimum absolute atomic E-state index is 0.294. The van der Waals surface area contributed by atoms with Crippen LogP contribution in [0, 0.1) is 19.3 Å². The molecule has 0 unspecified atom stereocenters. The van der Waals surface area contributed by atoms with Crippen molar-refractivity contribution in [3.63, 3.8) is 0 Å². The zero-order valence-corrected chi connectivity index (χ0v) is 12.9. The Morgan fingerprint density at radius 2 is 1.94 bits per heavy atom. The van der Waals surface area contributed by atoms with E-state index in [9.17, 15) is 0 Å². The van der Waals surface area contributed by atoms with Crippen molar-refractivity contribution in [2.24, 2.45) is 11.1 Å². The molecule has 1 aromatic rings. The number of nitrogens with zero attached hydrogens (tertiary/aromatic N) is 1. The second kappa shape index (κ2) is 7.15. The van der Waals surface area contributed by atoms with E-state index in [1.54, 1.807) is 0 Å². The lowest BCUT2D eigenvalue weighted by molar-refractivity contribution is 0.336. The van der Waals surface area contributed by atoms with Crippen LogP contribution in [0.15, 0.2) is 17.2 Å². The molecule has 0 bridgehead atoms. The smallest absolute Gasteiger partial charge is 0.0965 e. The van der Waals surface area contributed by atoms with E-state index in [-0.39, 0.29) is 0 Å². The van der Waals surface area contributed by atoms with Crippen molar-refractivity contribution < 1.29 is 0 Å². The molecular formula is C15H26N2S. The zero-order chi connectivity index (χ0) is 13.6. The normalized spacial score (nSPS) is 11.8. The Morgan fingerprint density at radius 3 is 2.56 bits per heavy atom. The van der Waals surface area contributed by atoms with Gasteiger partial charge in [-0.25, -0.2) is 4.98 Å². The Bertz CT molecular complexity index is 355. The Hall–Kier alpha value is -0.540. The summed E-state index contributed by atoms with van der Waals surface area (Å²) in [7, 11) is 0. The lowest BCUT2D eigenvalue weighted by Gasteiger charge is -2.21. The molecule has 0 atom stereocenters. The molecule has 2 nitrogen and oxygen atoms in total. The summed E-state index contributed by atoms with van der Waals surface area (Å²) < 4.78 is 0. The fourth-order valence-corrected chi connectivity index (χ4v) is 2.90. The van der Waals surface area contributed by atoms with Gasteiger partial charge in [0.15, 0.2) is 0 Å². The number of rotatable bonds is 7. The molecule has 0 aromatic carbocycles. The summed E-state index contributed by atoms with van der Waals surface area (Å²) in [4.78, 5) is 4.54. The molecule has 1 aromatic heterocycles. The van der Waals surface area contributed by atoms with E-state index in [1.807, 2.05) is 11.8 Å². The van der Waals surface area contributed by atoms with Gasteiger partial charge in [0.2, 0.25) is 0 Å². The molecule has 18 heavy (non-hydrogen) atoms. The van der Waals surface area contributed by atoms with Gasteiger partial charge in [0.05, 0.1) is 5.03 Å². The Kier molecular flexibility index (Phi) is 6.16. The van der Waals surface area contributed by atoms with Crippen molar-refractivity contribution in [2.45, 2.75) is 52.0 Å². The van der Waals surface area contributed by atoms with Gasteiger partial charge in [0.25, 0.3) is 0 Å². The quantitative estimate of drug-likeness (QED) is 0.600. The molecule has 0 saturated heterocycles. The molecule has 3 heteroatoms. The predicted molar refractivity (Wildman–Crippen MR) is 81.1 cm³/mol. The van der Waals surface area contributed by atoms with Crippen LogP contribution in [0.25, 0.3) is 0 Å². The molecular weight excluding hydrogens is 240 g/mol. The lowest BCUT2D eigenvalue weighted by Crippen LogP contribution is -2.23. The van der Waals surface area contributed by atoms with Gasteiger partial charge < -0.3 is 5.73 Å². The highest BCUT2D eigenvalue weighted by atomic mass is 32.2. The number of nitrogens with two attached hydrogens (primary N) is 1. The van der Waals surface area contributed by atoms with E-state index < -0.39 is 0 Å². The third-order valence-electron chi connectivity index (χ3n) is 3.12. The fourth-order valence-electron chi connectivity index (χ4n) is 1.86. The first-order chi connectivity index (χ1) is 8.43. The molecule has 0 aliphatic rings. The zero-order valence-electron chi connectivity index (χ0n) is 12.1. The van der Waals surface area contributed by atoms with Gasteiger partial charge in [0, 0.05) is 5.69 Å². The van der Waals surface area contributed by atoms with Crippen molar-refractivity contribution in [3.8, 4) is 0 Å². The minimum atomic E-state index is 0.294. The molecule has 2 N–H and O–H groups in total. The van der Waals surface area contributed by atoms with Gasteiger partial charge in [-0.3, -0.25) is 0 Å². The van der Waals surface area contributed by atoms with Crippen LogP contribution in [0.3, 0.4) is 0 Å². The summed E-state index contributed by atoms with van der Waals surface area (Å²) in [6.45, 7) is 9.44. The van der Waals surface area contributed by atoms with Crippen LogP contribution >= 0.6 is 11.8 Å². The molecule has 0 spiro atoms. The molecule has 0 aliphatic heterocycles. The van der Waals surface area contributed by atoms with E-state index in [2.05, 4.69) is 44.8 Å². The Labute approximate surface area is 116 Å². The molecule has 0 fully saturated rings. The maximum atomic E-state index is 5.73. The number of thioether (sulfide) groups is 1. The second-order valence-electron chi connectivity index (χ2n) is 5.80. The highest BCUT2D eigenvalue weighted by molar-refractivity contribution is 7.99. The minimum Gasteiger partial charge on any atom is -0.330 e. The molecule has 0 saturated carbocycles. The van der Waals surface area contributed by atoms with E-state index in [0.29, 0.717) is 5.41 Å². The molecule has 1 rings (SSSR count). The highest BCUT2D eigenvalue weighted by Gasteiger charge is 2.14. The standard InChI is InChI=1S/C15H26N2S/c1-12-9-13(2)17-14(10-12)18-8-6-5-7-15(3,4)11-16/h9-10H,5-8,11,16H2,1-4H3. The van der Waals surface area contributed by atoms with Gasteiger partial charge in [-0.2, -0.15) is 0 Å². The molecule has 0 amide bonds. The maximum absolute atomic E-state index is 5.73. The van der Waals surface area contributed by atoms with Gasteiger partial charge in [-0.05, 0) is 62.1 Å². The van der Waals surface area contributed by atoms with Crippen LogP contribution in [0.5, 0.6) is 0 Å². The van der Waals surface area contributed by atoms with Crippen LogP contribution in [0.4, 0.5) is 0 Å². The molecule has 1 heterocycles. The topological polar surface area (TPSA) is 38.9 Å². The predicted octanol–water partition coefficient (Wildman–Crippen LogP) is 3.95. The van der Waals surface area contributed by atoms with E-state index in [1.165, 1.54) is 24.8 Å². The number of hydrogen-bond donors (Lipinski definition) is 1. The number of unbranched alkanes of at least 4 members (excludes halogenated alkanes) is 1. The van der Waals surface area contributed by atoms with E-state index in [4.69, 9.17) is 5.73 Å². The molecule has 102 valence electrons. The Morgan fingerprint density at radius 1 is 1.22 bits per heavy atom. The van der Waals surface area contributed by atoms with Gasteiger partial charge in [-0.1, -0.05) is 20.3 Å². The summed E-state index contributed by atoms with van der Waals surface area (Å²) in [6.07, 6.45) is 3.70. The van der Waals surface area contributed by atoms with Crippen LogP contribution in [0.2, 0.25) is 0 Å². The SMILES string of the molecule is Cc1cc(C)nc(SCCCCC(C)(C)CN)c1. The summed E-state index contributed by atoms with van der Waals surface area (Å²) in [5.74, 6) is 1.15. The Balaban J connectivity index is 2.26. The largest absolute Gasteiger partial charge is 0.330 e. The summed E-state index contributed by atoms with van der Waals surface area (Å²) >= 11 is 1.86. The van der Waals surface area contributed by atoms with Crippen LogP contribution in [-0.2, 0) is 0 Å². The maximum Gasteiger partial charge on any atom is 0.0965 e. The lowest BCUT2D eigenvalue weighted by atomic mass is 9.88.